The van der Waals surface area contributed by atoms with E-state index in [4.69, 9.17) is 10.8 Å². The highest BCUT2D eigenvalue weighted by molar-refractivity contribution is 7.12. The minimum Gasteiger partial charge on any atom is -0.480 e. The minimum atomic E-state index is -0.941. The van der Waals surface area contributed by atoms with E-state index >= 15 is 0 Å². The number of thiophene rings is 1. The molecule has 3 nitrogen and oxygen atoms in total. The Balaban J connectivity index is 2.74. The average Bonchev–Trinajstić information content (AvgIpc) is 2.30. The summed E-state index contributed by atoms with van der Waals surface area (Å²) < 4.78 is 0. The summed E-state index contributed by atoms with van der Waals surface area (Å²) >= 11 is 1.67. The van der Waals surface area contributed by atoms with E-state index in [0.717, 1.165) is 10.4 Å². The standard InChI is InChI=1S/C9H13NO2S/c1-5-3-7(6(2)13-5)4-8(10)9(11)12/h3,8H,4,10H2,1-2H3,(H,11,12)/t8-/m1/s1. The highest BCUT2D eigenvalue weighted by Gasteiger charge is 2.14. The lowest BCUT2D eigenvalue weighted by Crippen LogP contribution is -2.32. The summed E-state index contributed by atoms with van der Waals surface area (Å²) in [5.41, 5.74) is 6.48. The second kappa shape index (κ2) is 3.89. The predicted molar refractivity (Wildman–Crippen MR) is 53.1 cm³/mol. The van der Waals surface area contributed by atoms with Crippen molar-refractivity contribution in [3.63, 3.8) is 0 Å². The molecular weight excluding hydrogens is 186 g/mol. The highest BCUT2D eigenvalue weighted by Crippen LogP contribution is 2.21. The number of aliphatic carboxylic acids is 1. The number of carboxylic acid groups (broad SMARTS) is 1. The van der Waals surface area contributed by atoms with E-state index in [1.54, 1.807) is 11.3 Å². The number of aryl methyl sites for hydroxylation is 2. The van der Waals surface area contributed by atoms with Crippen LogP contribution in [-0.4, -0.2) is 17.1 Å². The van der Waals surface area contributed by atoms with Gasteiger partial charge < -0.3 is 10.8 Å². The van der Waals surface area contributed by atoms with Crippen molar-refractivity contribution in [1.29, 1.82) is 0 Å². The molecule has 0 unspecified atom stereocenters. The van der Waals surface area contributed by atoms with Gasteiger partial charge in [-0.3, -0.25) is 4.79 Å². The van der Waals surface area contributed by atoms with E-state index in [2.05, 4.69) is 0 Å². The number of carbonyl (C=O) groups is 1. The van der Waals surface area contributed by atoms with E-state index in [0.29, 0.717) is 6.42 Å². The van der Waals surface area contributed by atoms with Crippen LogP contribution in [0.3, 0.4) is 0 Å². The third-order valence-electron chi connectivity index (χ3n) is 1.90. The molecule has 1 rings (SSSR count). The minimum absolute atomic E-state index is 0.422. The van der Waals surface area contributed by atoms with Gasteiger partial charge in [-0.1, -0.05) is 0 Å². The Morgan fingerprint density at radius 2 is 2.31 bits per heavy atom. The van der Waals surface area contributed by atoms with Crippen molar-refractivity contribution < 1.29 is 9.90 Å². The zero-order valence-corrected chi connectivity index (χ0v) is 8.52. The van der Waals surface area contributed by atoms with Gasteiger partial charge in [0.1, 0.15) is 6.04 Å². The molecule has 3 N–H and O–H groups in total. The monoisotopic (exact) mass is 199 g/mol. The van der Waals surface area contributed by atoms with E-state index in [9.17, 15) is 4.79 Å². The maximum atomic E-state index is 10.5. The zero-order valence-electron chi connectivity index (χ0n) is 7.70. The van der Waals surface area contributed by atoms with Crippen LogP contribution in [-0.2, 0) is 11.2 Å². The largest absolute Gasteiger partial charge is 0.480 e. The van der Waals surface area contributed by atoms with Crippen LogP contribution < -0.4 is 5.73 Å². The molecule has 0 spiro atoms. The normalized spacial score (nSPS) is 12.8. The van der Waals surface area contributed by atoms with Crippen LogP contribution in [0.25, 0.3) is 0 Å². The van der Waals surface area contributed by atoms with Gasteiger partial charge in [0.05, 0.1) is 0 Å². The van der Waals surface area contributed by atoms with Crippen LogP contribution in [0, 0.1) is 13.8 Å². The first-order valence-corrected chi connectivity index (χ1v) is 4.86. The fourth-order valence-corrected chi connectivity index (χ4v) is 2.17. The van der Waals surface area contributed by atoms with Crippen molar-refractivity contribution in [2.75, 3.05) is 0 Å². The average molecular weight is 199 g/mol. The Labute approximate surface area is 81.2 Å². The van der Waals surface area contributed by atoms with Gasteiger partial charge in [-0.05, 0) is 31.9 Å². The lowest BCUT2D eigenvalue weighted by atomic mass is 10.1. The van der Waals surface area contributed by atoms with Gasteiger partial charge in [0.15, 0.2) is 0 Å². The first-order valence-electron chi connectivity index (χ1n) is 4.05. The summed E-state index contributed by atoms with van der Waals surface area (Å²) in [5.74, 6) is -0.941. The topological polar surface area (TPSA) is 63.3 Å². The van der Waals surface area contributed by atoms with Crippen molar-refractivity contribution in [2.45, 2.75) is 26.3 Å². The Kier molecular flexibility index (Phi) is 3.06. The van der Waals surface area contributed by atoms with Gasteiger partial charge in [-0.15, -0.1) is 11.3 Å². The Morgan fingerprint density at radius 1 is 1.69 bits per heavy atom. The summed E-state index contributed by atoms with van der Waals surface area (Å²) in [7, 11) is 0. The first-order chi connectivity index (χ1) is 6.00. The van der Waals surface area contributed by atoms with Gasteiger partial charge in [0, 0.05) is 9.75 Å². The number of hydrogen-bond donors (Lipinski definition) is 2. The van der Waals surface area contributed by atoms with Gasteiger partial charge in [-0.25, -0.2) is 0 Å². The molecule has 1 aromatic rings. The molecule has 0 bridgehead atoms. The molecule has 0 aliphatic carbocycles. The Bertz CT molecular complexity index is 319. The van der Waals surface area contributed by atoms with Crippen LogP contribution in [0.2, 0.25) is 0 Å². The molecule has 0 radical (unpaired) electrons. The van der Waals surface area contributed by atoms with Gasteiger partial charge in [-0.2, -0.15) is 0 Å². The molecule has 4 heteroatoms. The smallest absolute Gasteiger partial charge is 0.320 e. The van der Waals surface area contributed by atoms with Gasteiger partial charge in [0.25, 0.3) is 0 Å². The number of hydrogen-bond acceptors (Lipinski definition) is 3. The van der Waals surface area contributed by atoms with Crippen LogP contribution in [0.15, 0.2) is 6.07 Å². The molecule has 0 fully saturated rings. The van der Waals surface area contributed by atoms with Gasteiger partial charge in [0.2, 0.25) is 0 Å². The third-order valence-corrected chi connectivity index (χ3v) is 2.91. The van der Waals surface area contributed by atoms with E-state index in [-0.39, 0.29) is 0 Å². The number of rotatable bonds is 3. The van der Waals surface area contributed by atoms with Crippen LogP contribution in [0.5, 0.6) is 0 Å². The van der Waals surface area contributed by atoms with Crippen molar-refractivity contribution >= 4 is 17.3 Å². The predicted octanol–water partition coefficient (Wildman–Crippen LogP) is 1.32. The molecule has 0 amide bonds. The summed E-state index contributed by atoms with van der Waals surface area (Å²) in [6, 6.07) is 1.22. The van der Waals surface area contributed by atoms with E-state index in [1.165, 1.54) is 4.88 Å². The van der Waals surface area contributed by atoms with Crippen molar-refractivity contribution in [1.82, 2.24) is 0 Å². The zero-order chi connectivity index (χ0) is 10.0. The SMILES string of the molecule is Cc1cc(C[C@@H](N)C(=O)O)c(C)s1. The molecule has 1 atom stereocenters. The summed E-state index contributed by atoms with van der Waals surface area (Å²) in [6.45, 7) is 4.00. The van der Waals surface area contributed by atoms with Crippen LogP contribution >= 0.6 is 11.3 Å². The van der Waals surface area contributed by atoms with Crippen LogP contribution in [0.4, 0.5) is 0 Å². The molecule has 0 saturated carbocycles. The second-order valence-electron chi connectivity index (χ2n) is 3.09. The maximum Gasteiger partial charge on any atom is 0.320 e. The Morgan fingerprint density at radius 3 is 2.69 bits per heavy atom. The summed E-state index contributed by atoms with van der Waals surface area (Å²) in [5, 5.41) is 8.62. The second-order valence-corrected chi connectivity index (χ2v) is 4.55. The van der Waals surface area contributed by atoms with E-state index < -0.39 is 12.0 Å². The molecular formula is C9H13NO2S. The molecule has 0 aliphatic rings. The van der Waals surface area contributed by atoms with Gasteiger partial charge >= 0.3 is 5.97 Å². The fraction of sp³-hybridized carbons (Fsp3) is 0.444. The maximum absolute atomic E-state index is 10.5. The Hall–Kier alpha value is -0.870. The first kappa shape index (κ1) is 10.2. The molecule has 0 saturated heterocycles. The fourth-order valence-electron chi connectivity index (χ4n) is 1.21. The van der Waals surface area contributed by atoms with Crippen LogP contribution in [0.1, 0.15) is 15.3 Å². The molecule has 0 aliphatic heterocycles. The lowest BCUT2D eigenvalue weighted by Gasteiger charge is -2.04. The molecule has 0 aromatic carbocycles. The number of carboxylic acids is 1. The molecule has 72 valence electrons. The third kappa shape index (κ3) is 2.54. The van der Waals surface area contributed by atoms with Crippen molar-refractivity contribution in [3.05, 3.63) is 21.4 Å². The number of nitrogens with two attached hydrogens (primary N) is 1. The molecule has 1 heterocycles. The highest BCUT2D eigenvalue weighted by atomic mass is 32.1. The van der Waals surface area contributed by atoms with Crippen molar-refractivity contribution in [3.8, 4) is 0 Å². The molecule has 1 aromatic heterocycles. The molecule has 13 heavy (non-hydrogen) atoms. The van der Waals surface area contributed by atoms with Crippen molar-refractivity contribution in [2.24, 2.45) is 5.73 Å². The van der Waals surface area contributed by atoms with E-state index in [1.807, 2.05) is 19.9 Å². The lowest BCUT2D eigenvalue weighted by molar-refractivity contribution is -0.138. The quantitative estimate of drug-likeness (QED) is 0.771. The summed E-state index contributed by atoms with van der Waals surface area (Å²) in [4.78, 5) is 12.9. The summed E-state index contributed by atoms with van der Waals surface area (Å²) in [6.07, 6.45) is 0.422.